The highest BCUT2D eigenvalue weighted by molar-refractivity contribution is 5.89. The molecular formula is C14H21N3O2. The van der Waals surface area contributed by atoms with Crippen molar-refractivity contribution in [1.29, 1.82) is 0 Å². The first kappa shape index (κ1) is 15.0. The van der Waals surface area contributed by atoms with Crippen LogP contribution in [0.2, 0.25) is 0 Å². The third kappa shape index (κ3) is 4.99. The van der Waals surface area contributed by atoms with Crippen molar-refractivity contribution in [2.45, 2.75) is 20.8 Å². The first-order chi connectivity index (χ1) is 9.06. The summed E-state index contributed by atoms with van der Waals surface area (Å²) in [7, 11) is 0. The van der Waals surface area contributed by atoms with E-state index in [1.165, 1.54) is 6.92 Å². The summed E-state index contributed by atoms with van der Waals surface area (Å²) in [6, 6.07) is 7.30. The molecule has 0 heterocycles. The molecule has 1 rings (SSSR count). The summed E-state index contributed by atoms with van der Waals surface area (Å²) in [6.07, 6.45) is 0. The van der Waals surface area contributed by atoms with Crippen LogP contribution in [0.4, 0.5) is 11.4 Å². The monoisotopic (exact) mass is 263 g/mol. The predicted octanol–water partition coefficient (Wildman–Crippen LogP) is 1.93. The molecule has 0 saturated heterocycles. The lowest BCUT2D eigenvalue weighted by molar-refractivity contribution is -0.128. The lowest BCUT2D eigenvalue weighted by Crippen LogP contribution is -2.35. The molecule has 0 fully saturated rings. The molecule has 19 heavy (non-hydrogen) atoms. The quantitative estimate of drug-likeness (QED) is 0.824. The van der Waals surface area contributed by atoms with Gasteiger partial charge >= 0.3 is 0 Å². The Morgan fingerprint density at radius 3 is 2.37 bits per heavy atom. The van der Waals surface area contributed by atoms with Crippen molar-refractivity contribution in [2.24, 2.45) is 0 Å². The van der Waals surface area contributed by atoms with E-state index in [4.69, 9.17) is 0 Å². The van der Waals surface area contributed by atoms with Gasteiger partial charge in [0.2, 0.25) is 11.8 Å². The van der Waals surface area contributed by atoms with Crippen LogP contribution in [-0.2, 0) is 9.59 Å². The summed E-state index contributed by atoms with van der Waals surface area (Å²) in [5.41, 5.74) is 1.53. The number of hydrogen-bond donors (Lipinski definition) is 2. The van der Waals surface area contributed by atoms with Crippen LogP contribution in [0.25, 0.3) is 0 Å². The Hall–Kier alpha value is -2.04. The topological polar surface area (TPSA) is 61.4 Å². The van der Waals surface area contributed by atoms with Crippen molar-refractivity contribution in [2.75, 3.05) is 30.3 Å². The molecule has 0 aliphatic carbocycles. The molecule has 0 aliphatic heterocycles. The van der Waals surface area contributed by atoms with Gasteiger partial charge < -0.3 is 15.5 Å². The number of benzene rings is 1. The molecular weight excluding hydrogens is 242 g/mol. The van der Waals surface area contributed by atoms with Crippen LogP contribution in [0, 0.1) is 0 Å². The van der Waals surface area contributed by atoms with Crippen LogP contribution in [0.3, 0.4) is 0 Å². The molecule has 0 aliphatic rings. The molecule has 1 aromatic carbocycles. The maximum atomic E-state index is 11.8. The van der Waals surface area contributed by atoms with Crippen molar-refractivity contribution < 1.29 is 9.59 Å². The number of rotatable bonds is 6. The summed E-state index contributed by atoms with van der Waals surface area (Å²) >= 11 is 0. The summed E-state index contributed by atoms with van der Waals surface area (Å²) in [4.78, 5) is 24.6. The third-order valence-corrected chi connectivity index (χ3v) is 2.74. The first-order valence-electron chi connectivity index (χ1n) is 6.46. The second kappa shape index (κ2) is 7.41. The Morgan fingerprint density at radius 1 is 1.16 bits per heavy atom. The van der Waals surface area contributed by atoms with Gasteiger partial charge in [-0.25, -0.2) is 0 Å². The highest BCUT2D eigenvalue weighted by Crippen LogP contribution is 2.14. The fourth-order valence-electron chi connectivity index (χ4n) is 1.78. The smallest absolute Gasteiger partial charge is 0.241 e. The zero-order valence-corrected chi connectivity index (χ0v) is 11.7. The molecule has 104 valence electrons. The lowest BCUT2D eigenvalue weighted by atomic mass is 10.2. The minimum Gasteiger partial charge on any atom is -0.376 e. The number of carbonyl (C=O) groups is 2. The van der Waals surface area contributed by atoms with Gasteiger partial charge in [0.25, 0.3) is 0 Å². The molecule has 5 nitrogen and oxygen atoms in total. The van der Waals surface area contributed by atoms with Gasteiger partial charge in [-0.2, -0.15) is 0 Å². The molecule has 0 atom stereocenters. The van der Waals surface area contributed by atoms with E-state index in [0.717, 1.165) is 5.69 Å². The number of hydrogen-bond acceptors (Lipinski definition) is 3. The summed E-state index contributed by atoms with van der Waals surface area (Å²) in [5.74, 6) is -0.0497. The SMILES string of the molecule is CCN(CC)C(=O)CNc1cccc(NC(C)=O)c1. The van der Waals surface area contributed by atoms with Gasteiger partial charge in [-0.05, 0) is 32.0 Å². The standard InChI is InChI=1S/C14H21N3O2/c1-4-17(5-2)14(19)10-15-12-7-6-8-13(9-12)16-11(3)18/h6-9,15H,4-5,10H2,1-3H3,(H,16,18). The van der Waals surface area contributed by atoms with Gasteiger partial charge in [0.05, 0.1) is 6.54 Å². The molecule has 0 saturated carbocycles. The Balaban J connectivity index is 2.58. The van der Waals surface area contributed by atoms with E-state index in [0.29, 0.717) is 18.8 Å². The molecule has 2 N–H and O–H groups in total. The van der Waals surface area contributed by atoms with E-state index in [2.05, 4.69) is 10.6 Å². The second-order valence-corrected chi connectivity index (χ2v) is 4.18. The zero-order chi connectivity index (χ0) is 14.3. The summed E-state index contributed by atoms with van der Waals surface area (Å²) in [5, 5.41) is 5.77. The maximum absolute atomic E-state index is 11.8. The van der Waals surface area contributed by atoms with Gasteiger partial charge in [0.1, 0.15) is 0 Å². The molecule has 0 bridgehead atoms. The second-order valence-electron chi connectivity index (χ2n) is 4.18. The van der Waals surface area contributed by atoms with Crippen LogP contribution >= 0.6 is 0 Å². The Morgan fingerprint density at radius 2 is 1.79 bits per heavy atom. The average molecular weight is 263 g/mol. The number of likely N-dealkylation sites (N-methyl/N-ethyl adjacent to an activating group) is 1. The highest BCUT2D eigenvalue weighted by atomic mass is 16.2. The largest absolute Gasteiger partial charge is 0.376 e. The van der Waals surface area contributed by atoms with E-state index in [1.807, 2.05) is 26.0 Å². The van der Waals surface area contributed by atoms with Crippen molar-refractivity contribution >= 4 is 23.2 Å². The molecule has 0 radical (unpaired) electrons. The Labute approximate surface area is 114 Å². The average Bonchev–Trinajstić information content (AvgIpc) is 2.37. The molecule has 2 amide bonds. The van der Waals surface area contributed by atoms with Crippen LogP contribution in [0.15, 0.2) is 24.3 Å². The van der Waals surface area contributed by atoms with Gasteiger partial charge in [-0.3, -0.25) is 9.59 Å². The van der Waals surface area contributed by atoms with E-state index < -0.39 is 0 Å². The van der Waals surface area contributed by atoms with Crippen LogP contribution in [-0.4, -0.2) is 36.3 Å². The normalized spacial score (nSPS) is 9.84. The minimum absolute atomic E-state index is 0.0648. The van der Waals surface area contributed by atoms with Gasteiger partial charge in [-0.15, -0.1) is 0 Å². The van der Waals surface area contributed by atoms with Gasteiger partial charge in [0, 0.05) is 31.4 Å². The Kier molecular flexibility index (Phi) is 5.85. The number of anilines is 2. The van der Waals surface area contributed by atoms with Crippen LogP contribution in [0.5, 0.6) is 0 Å². The van der Waals surface area contributed by atoms with E-state index in [-0.39, 0.29) is 18.4 Å². The van der Waals surface area contributed by atoms with Crippen LogP contribution in [0.1, 0.15) is 20.8 Å². The number of nitrogens with zero attached hydrogens (tertiary/aromatic N) is 1. The molecule has 0 spiro atoms. The van der Waals surface area contributed by atoms with E-state index in [9.17, 15) is 9.59 Å². The predicted molar refractivity (Wildman–Crippen MR) is 77.2 cm³/mol. The summed E-state index contributed by atoms with van der Waals surface area (Å²) < 4.78 is 0. The van der Waals surface area contributed by atoms with E-state index in [1.54, 1.807) is 17.0 Å². The number of carbonyl (C=O) groups excluding carboxylic acids is 2. The zero-order valence-electron chi connectivity index (χ0n) is 11.7. The number of amides is 2. The molecule has 5 heteroatoms. The highest BCUT2D eigenvalue weighted by Gasteiger charge is 2.08. The van der Waals surface area contributed by atoms with Gasteiger partial charge in [0.15, 0.2) is 0 Å². The molecule has 0 unspecified atom stereocenters. The fraction of sp³-hybridized carbons (Fsp3) is 0.429. The maximum Gasteiger partial charge on any atom is 0.241 e. The Bertz CT molecular complexity index is 442. The fourth-order valence-corrected chi connectivity index (χ4v) is 1.78. The lowest BCUT2D eigenvalue weighted by Gasteiger charge is -2.19. The summed E-state index contributed by atoms with van der Waals surface area (Å²) in [6.45, 7) is 7.05. The van der Waals surface area contributed by atoms with E-state index >= 15 is 0 Å². The number of nitrogens with one attached hydrogen (secondary N) is 2. The van der Waals surface area contributed by atoms with Crippen molar-refractivity contribution in [1.82, 2.24) is 4.90 Å². The molecule has 0 aromatic heterocycles. The molecule has 1 aromatic rings. The van der Waals surface area contributed by atoms with Crippen LogP contribution < -0.4 is 10.6 Å². The van der Waals surface area contributed by atoms with Crippen molar-refractivity contribution in [3.63, 3.8) is 0 Å². The van der Waals surface area contributed by atoms with Crippen molar-refractivity contribution in [3.8, 4) is 0 Å². The first-order valence-corrected chi connectivity index (χ1v) is 6.46. The minimum atomic E-state index is -0.114. The van der Waals surface area contributed by atoms with Crippen molar-refractivity contribution in [3.05, 3.63) is 24.3 Å². The third-order valence-electron chi connectivity index (χ3n) is 2.74. The van der Waals surface area contributed by atoms with Gasteiger partial charge in [-0.1, -0.05) is 6.07 Å².